The number of rotatable bonds is 4. The summed E-state index contributed by atoms with van der Waals surface area (Å²) in [6.45, 7) is 8.58. The van der Waals surface area contributed by atoms with E-state index in [2.05, 4.69) is 32.7 Å². The molecule has 1 spiro atoms. The van der Waals surface area contributed by atoms with Gasteiger partial charge in [-0.1, -0.05) is 37.1 Å². The topological polar surface area (TPSA) is 129 Å². The van der Waals surface area contributed by atoms with Crippen LogP contribution in [-0.4, -0.2) is 82.8 Å². The Balaban J connectivity index is 0.000000432. The van der Waals surface area contributed by atoms with Crippen LogP contribution in [0.1, 0.15) is 93.1 Å². The van der Waals surface area contributed by atoms with Crippen molar-refractivity contribution < 1.29 is 27.5 Å². The summed E-state index contributed by atoms with van der Waals surface area (Å²) in [7, 11) is -2.41. The van der Waals surface area contributed by atoms with Crippen LogP contribution in [0.3, 0.4) is 0 Å². The van der Waals surface area contributed by atoms with E-state index < -0.39 is 26.8 Å². The molecule has 2 aromatic carbocycles. The molecule has 1 N–H and O–H groups in total. The van der Waals surface area contributed by atoms with Gasteiger partial charge in [0, 0.05) is 55.1 Å². The van der Waals surface area contributed by atoms with Gasteiger partial charge in [0.1, 0.15) is 11.4 Å². The quantitative estimate of drug-likeness (QED) is 0.262. The van der Waals surface area contributed by atoms with Gasteiger partial charge in [0.2, 0.25) is 10.0 Å². The number of hydrogen-bond donors (Lipinski definition) is 1. The molecule has 292 valence electrons. The van der Waals surface area contributed by atoms with Gasteiger partial charge >= 0.3 is 0 Å². The number of hydrogen-bond acceptors (Lipinski definition) is 9. The predicted octanol–water partition coefficient (Wildman–Crippen LogP) is 6.85. The summed E-state index contributed by atoms with van der Waals surface area (Å²) >= 11 is 6.40. The van der Waals surface area contributed by atoms with Gasteiger partial charge in [-0.15, -0.1) is 0 Å². The minimum absolute atomic E-state index is 0.0434. The van der Waals surface area contributed by atoms with Crippen LogP contribution in [0.25, 0.3) is 0 Å². The second kappa shape index (κ2) is 17.2. The van der Waals surface area contributed by atoms with Crippen molar-refractivity contribution in [1.29, 1.82) is 5.26 Å². The van der Waals surface area contributed by atoms with Crippen LogP contribution in [-0.2, 0) is 31.4 Å². The number of amides is 1. The van der Waals surface area contributed by atoms with Crippen LogP contribution >= 0.6 is 11.6 Å². The summed E-state index contributed by atoms with van der Waals surface area (Å²) in [5, 5.41) is 8.20. The first-order valence-corrected chi connectivity index (χ1v) is 21.5. The van der Waals surface area contributed by atoms with Gasteiger partial charge in [0.15, 0.2) is 6.29 Å². The predicted molar refractivity (Wildman–Crippen MR) is 212 cm³/mol. The van der Waals surface area contributed by atoms with Gasteiger partial charge in [-0.3, -0.25) is 9.59 Å². The molecule has 2 aliphatic carbocycles. The van der Waals surface area contributed by atoms with E-state index in [1.165, 1.54) is 43.5 Å². The van der Waals surface area contributed by atoms with Gasteiger partial charge in [-0.25, -0.2) is 13.1 Å². The zero-order valence-corrected chi connectivity index (χ0v) is 33.5. The average Bonchev–Trinajstić information content (AvgIpc) is 3.31. The number of halogens is 1. The number of piperidine rings is 1. The van der Waals surface area contributed by atoms with Crippen molar-refractivity contribution in [2.75, 3.05) is 51.3 Å². The standard InChI is InChI=1S/C34H41ClN2O6S.C8H14N2/c1-22-6-4-15-34(20-38,42-3)29-11-8-26(29)18-37-19-33(14-5-7-24-16-27(35)10-12-28(24)33)21-43-31-13-9-25(17-30(31)37)32(39)36-44(40,41)23(22)2;9-5-4-8-10-6-2-1-3-7-10/h4,9-10,12-13,15-17,20,22-23,26,29H,5-8,11,14,18-19,21H2,1-3H3,(H,36,39);1-4,6-8H2/b15-4+;/t22-,23+,26-,29+,33-,34+;/m0./s1. The Labute approximate surface area is 326 Å². The summed E-state index contributed by atoms with van der Waals surface area (Å²) < 4.78 is 41.3. The van der Waals surface area contributed by atoms with Gasteiger partial charge in [0.25, 0.3) is 5.91 Å². The molecule has 10 nitrogen and oxygen atoms in total. The maximum atomic E-state index is 13.4. The molecule has 54 heavy (non-hydrogen) atoms. The Bertz CT molecular complexity index is 1860. The molecule has 1 amide bonds. The molecular weight excluding hydrogens is 724 g/mol. The van der Waals surface area contributed by atoms with E-state index >= 15 is 0 Å². The number of aryl methyl sites for hydroxylation is 1. The minimum atomic E-state index is -3.97. The molecular formula is C42H55ClN4O6S. The third-order valence-corrected chi connectivity index (χ3v) is 14.8. The smallest absolute Gasteiger partial charge is 0.264 e. The van der Waals surface area contributed by atoms with E-state index in [0.717, 1.165) is 50.6 Å². The second-order valence-corrected chi connectivity index (χ2v) is 18.5. The molecule has 2 fully saturated rings. The third-order valence-electron chi connectivity index (χ3n) is 12.7. The number of aldehydes is 1. The number of likely N-dealkylation sites (tertiary alicyclic amines) is 1. The Morgan fingerprint density at radius 1 is 1.11 bits per heavy atom. The highest BCUT2D eigenvalue weighted by Gasteiger charge is 2.49. The highest BCUT2D eigenvalue weighted by Crippen LogP contribution is 2.48. The van der Waals surface area contributed by atoms with Gasteiger partial charge < -0.3 is 19.3 Å². The monoisotopic (exact) mass is 778 g/mol. The maximum Gasteiger partial charge on any atom is 0.264 e. The first-order chi connectivity index (χ1) is 25.9. The van der Waals surface area contributed by atoms with Crippen molar-refractivity contribution in [3.8, 4) is 11.8 Å². The van der Waals surface area contributed by atoms with Crippen LogP contribution in [0.15, 0.2) is 48.6 Å². The van der Waals surface area contributed by atoms with Crippen molar-refractivity contribution in [3.63, 3.8) is 0 Å². The molecule has 3 heterocycles. The Hall–Kier alpha value is -3.43. The first kappa shape index (κ1) is 40.2. The molecule has 1 saturated carbocycles. The molecule has 6 atom stereocenters. The number of ether oxygens (including phenoxy) is 2. The number of methoxy groups -OCH3 is 1. The van der Waals surface area contributed by atoms with Crippen LogP contribution in [0.2, 0.25) is 5.02 Å². The highest BCUT2D eigenvalue weighted by molar-refractivity contribution is 7.90. The number of nitriles is 1. The van der Waals surface area contributed by atoms with Crippen molar-refractivity contribution in [3.05, 3.63) is 70.3 Å². The molecule has 1 saturated heterocycles. The largest absolute Gasteiger partial charge is 0.490 e. The summed E-state index contributed by atoms with van der Waals surface area (Å²) in [6.07, 6.45) is 14.4. The fourth-order valence-electron chi connectivity index (χ4n) is 9.07. The van der Waals surface area contributed by atoms with Crippen LogP contribution in [0.4, 0.5) is 5.69 Å². The van der Waals surface area contributed by atoms with Crippen LogP contribution in [0.5, 0.6) is 5.75 Å². The summed E-state index contributed by atoms with van der Waals surface area (Å²) in [6, 6.07) is 13.4. The lowest BCUT2D eigenvalue weighted by molar-refractivity contribution is -0.135. The normalized spacial score (nSPS) is 31.4. The van der Waals surface area contributed by atoms with E-state index in [1.54, 1.807) is 32.2 Å². The van der Waals surface area contributed by atoms with Crippen molar-refractivity contribution in [2.45, 2.75) is 94.3 Å². The number of allylic oxidation sites excluding steroid dienone is 1. The van der Waals surface area contributed by atoms with E-state index in [-0.39, 0.29) is 28.7 Å². The van der Waals surface area contributed by atoms with Crippen molar-refractivity contribution >= 4 is 39.5 Å². The Morgan fingerprint density at radius 3 is 2.61 bits per heavy atom. The lowest BCUT2D eigenvalue weighted by atomic mass is 9.64. The lowest BCUT2D eigenvalue weighted by Crippen LogP contribution is -2.53. The second-order valence-electron chi connectivity index (χ2n) is 16.0. The third kappa shape index (κ3) is 8.52. The van der Waals surface area contributed by atoms with Gasteiger partial charge in [0.05, 0.1) is 23.6 Å². The number of carbonyl (C=O) groups is 2. The lowest BCUT2D eigenvalue weighted by Gasteiger charge is -2.48. The number of anilines is 1. The fraction of sp³-hybridized carbons (Fsp3) is 0.595. The van der Waals surface area contributed by atoms with Gasteiger partial charge in [-0.05, 0) is 131 Å². The summed E-state index contributed by atoms with van der Waals surface area (Å²) in [5.74, 6) is -0.203. The average molecular weight is 779 g/mol. The molecule has 12 heteroatoms. The highest BCUT2D eigenvalue weighted by atomic mass is 35.5. The Kier molecular flexibility index (Phi) is 12.8. The van der Waals surface area contributed by atoms with E-state index in [0.29, 0.717) is 43.3 Å². The molecule has 0 unspecified atom stereocenters. The number of nitrogens with one attached hydrogen (secondary N) is 1. The van der Waals surface area contributed by atoms with Crippen LogP contribution in [0, 0.1) is 29.1 Å². The van der Waals surface area contributed by atoms with E-state index in [9.17, 15) is 18.0 Å². The SMILES string of the molecule is CO[C@@]1(C=O)/C=C/C[C@H](C)[C@@H](C)S(=O)(=O)NC(=O)c2ccc3c(c2)N(C[C@@H]2CC[C@H]21)C[C@@]1(CCCc2cc(Cl)ccc21)CO3.N#CCCN1CCCCC1. The molecule has 2 bridgehead atoms. The minimum Gasteiger partial charge on any atom is -0.490 e. The zero-order chi connectivity index (χ0) is 38.5. The Morgan fingerprint density at radius 2 is 1.91 bits per heavy atom. The zero-order valence-electron chi connectivity index (χ0n) is 31.9. The van der Waals surface area contributed by atoms with Crippen molar-refractivity contribution in [2.24, 2.45) is 17.8 Å². The fourth-order valence-corrected chi connectivity index (χ4v) is 10.6. The number of nitrogens with zero attached hydrogens (tertiary/aromatic N) is 3. The number of carbonyl (C=O) groups excluding carboxylic acids is 2. The number of sulfonamides is 1. The number of benzene rings is 2. The molecule has 3 aliphatic heterocycles. The van der Waals surface area contributed by atoms with E-state index in [4.69, 9.17) is 26.3 Å². The maximum absolute atomic E-state index is 13.4. The number of fused-ring (bicyclic) bond motifs is 4. The molecule has 0 radical (unpaired) electrons. The van der Waals surface area contributed by atoms with Gasteiger partial charge in [-0.2, -0.15) is 5.26 Å². The molecule has 0 aromatic heterocycles. The molecule has 7 rings (SSSR count). The van der Waals surface area contributed by atoms with Crippen molar-refractivity contribution in [1.82, 2.24) is 9.62 Å². The first-order valence-electron chi connectivity index (χ1n) is 19.6. The van der Waals surface area contributed by atoms with E-state index in [1.807, 2.05) is 25.1 Å². The molecule has 5 aliphatic rings. The molecule has 2 aromatic rings. The van der Waals surface area contributed by atoms with Crippen LogP contribution < -0.4 is 14.4 Å². The summed E-state index contributed by atoms with van der Waals surface area (Å²) in [5.41, 5.74) is 2.05. The summed E-state index contributed by atoms with van der Waals surface area (Å²) in [4.78, 5) is 30.8.